The zero-order chi connectivity index (χ0) is 17.8. The molecule has 0 N–H and O–H groups in total. The van der Waals surface area contributed by atoms with Crippen LogP contribution in [0.15, 0.2) is 18.2 Å². The van der Waals surface area contributed by atoms with E-state index in [2.05, 4.69) is 0 Å². The Hall–Kier alpha value is -2.18. The molecule has 1 aliphatic heterocycles. The van der Waals surface area contributed by atoms with Gasteiger partial charge in [-0.25, -0.2) is 4.39 Å². The highest BCUT2D eigenvalue weighted by molar-refractivity contribution is 5.76. The molecule has 6 nitrogen and oxygen atoms in total. The molecule has 0 spiro atoms. The van der Waals surface area contributed by atoms with E-state index < -0.39 is 10.7 Å². The van der Waals surface area contributed by atoms with Crippen LogP contribution in [-0.2, 0) is 4.79 Å². The summed E-state index contributed by atoms with van der Waals surface area (Å²) in [5.74, 6) is 0.150. The molecular formula is C18H24FN3O3. The molecule has 25 heavy (non-hydrogen) atoms. The number of anilines is 1. The van der Waals surface area contributed by atoms with Gasteiger partial charge in [-0.15, -0.1) is 0 Å². The lowest BCUT2D eigenvalue weighted by atomic mass is 10.0. The van der Waals surface area contributed by atoms with Crippen molar-refractivity contribution in [1.29, 1.82) is 0 Å². The van der Waals surface area contributed by atoms with Crippen LogP contribution >= 0.6 is 0 Å². The molecule has 1 aromatic carbocycles. The number of hydrogen-bond donors (Lipinski definition) is 0. The summed E-state index contributed by atoms with van der Waals surface area (Å²) in [5.41, 5.74) is 0.125. The fraction of sp³-hybridized carbons (Fsp3) is 0.611. The van der Waals surface area contributed by atoms with E-state index in [1.165, 1.54) is 25.0 Å². The topological polar surface area (TPSA) is 66.7 Å². The van der Waals surface area contributed by atoms with Crippen molar-refractivity contribution in [3.63, 3.8) is 0 Å². The Morgan fingerprint density at radius 2 is 1.92 bits per heavy atom. The molecule has 1 aliphatic carbocycles. The van der Waals surface area contributed by atoms with Gasteiger partial charge in [-0.3, -0.25) is 14.9 Å². The third-order valence-electron chi connectivity index (χ3n) is 5.27. The summed E-state index contributed by atoms with van der Waals surface area (Å²) in [4.78, 5) is 26.4. The average Bonchev–Trinajstić information content (AvgIpc) is 2.96. The van der Waals surface area contributed by atoms with Crippen molar-refractivity contribution in [3.8, 4) is 0 Å². The van der Waals surface area contributed by atoms with E-state index in [1.807, 2.05) is 9.80 Å². The van der Waals surface area contributed by atoms with Crippen molar-refractivity contribution in [1.82, 2.24) is 4.90 Å². The summed E-state index contributed by atoms with van der Waals surface area (Å²) in [6.45, 7) is 2.45. The van der Waals surface area contributed by atoms with Gasteiger partial charge in [-0.1, -0.05) is 12.8 Å². The Morgan fingerprint density at radius 3 is 2.60 bits per heavy atom. The first-order valence-corrected chi connectivity index (χ1v) is 9.01. The molecule has 1 saturated carbocycles. The molecule has 0 bridgehead atoms. The van der Waals surface area contributed by atoms with Gasteiger partial charge in [0.25, 0.3) is 5.69 Å². The van der Waals surface area contributed by atoms with Gasteiger partial charge in [0.1, 0.15) is 0 Å². The van der Waals surface area contributed by atoms with Crippen LogP contribution in [0, 0.1) is 21.8 Å². The summed E-state index contributed by atoms with van der Waals surface area (Å²) in [6.07, 6.45) is 6.16. The van der Waals surface area contributed by atoms with Gasteiger partial charge >= 0.3 is 0 Å². The summed E-state index contributed by atoms with van der Waals surface area (Å²) >= 11 is 0. The maximum absolute atomic E-state index is 14.2. The van der Waals surface area contributed by atoms with E-state index in [0.717, 1.165) is 25.3 Å². The van der Waals surface area contributed by atoms with Crippen LogP contribution in [-0.4, -0.2) is 41.9 Å². The van der Waals surface area contributed by atoms with Crippen LogP contribution < -0.4 is 4.90 Å². The smallest absolute Gasteiger partial charge is 0.272 e. The number of halogens is 1. The average molecular weight is 349 g/mol. The highest BCUT2D eigenvalue weighted by Crippen LogP contribution is 2.29. The van der Waals surface area contributed by atoms with Crippen molar-refractivity contribution in [2.45, 2.75) is 38.5 Å². The number of carbonyl (C=O) groups is 1. The van der Waals surface area contributed by atoms with Gasteiger partial charge in [0, 0.05) is 38.7 Å². The largest absolute Gasteiger partial charge is 0.367 e. The summed E-state index contributed by atoms with van der Waals surface area (Å²) in [5, 5.41) is 10.7. The number of carbonyl (C=O) groups excluding carboxylic acids is 1. The lowest BCUT2D eigenvalue weighted by Crippen LogP contribution is -2.36. The van der Waals surface area contributed by atoms with Crippen molar-refractivity contribution in [2.75, 3.05) is 31.1 Å². The number of hydrogen-bond acceptors (Lipinski definition) is 4. The number of nitro groups is 1. The fourth-order valence-corrected chi connectivity index (χ4v) is 3.86. The van der Waals surface area contributed by atoms with Gasteiger partial charge in [0.15, 0.2) is 5.82 Å². The maximum atomic E-state index is 14.2. The summed E-state index contributed by atoms with van der Waals surface area (Å²) in [7, 11) is 0. The third-order valence-corrected chi connectivity index (χ3v) is 5.27. The Kier molecular flexibility index (Phi) is 5.50. The number of non-ortho nitro benzene ring substituents is 1. The summed E-state index contributed by atoms with van der Waals surface area (Å²) < 4.78 is 14.2. The van der Waals surface area contributed by atoms with E-state index in [-0.39, 0.29) is 11.6 Å². The molecule has 136 valence electrons. The van der Waals surface area contributed by atoms with Crippen LogP contribution in [0.3, 0.4) is 0 Å². The van der Waals surface area contributed by atoms with Crippen molar-refractivity contribution in [3.05, 3.63) is 34.1 Å². The maximum Gasteiger partial charge on any atom is 0.272 e. The number of benzene rings is 1. The predicted octanol–water partition coefficient (Wildman–Crippen LogP) is 3.35. The first kappa shape index (κ1) is 17.6. The third kappa shape index (κ3) is 4.27. The van der Waals surface area contributed by atoms with Gasteiger partial charge in [0.2, 0.25) is 5.91 Å². The van der Waals surface area contributed by atoms with E-state index >= 15 is 0 Å². The van der Waals surface area contributed by atoms with Crippen LogP contribution in [0.5, 0.6) is 0 Å². The molecule has 1 aromatic rings. The molecule has 1 saturated heterocycles. The van der Waals surface area contributed by atoms with Gasteiger partial charge in [0.05, 0.1) is 16.7 Å². The zero-order valence-corrected chi connectivity index (χ0v) is 14.3. The van der Waals surface area contributed by atoms with E-state index in [4.69, 9.17) is 0 Å². The SMILES string of the molecule is O=C(CC1CCCC1)N1CCCN(c2ccc([N+](=O)[O-])cc2F)CC1. The Labute approximate surface area is 146 Å². The molecule has 2 fully saturated rings. The summed E-state index contributed by atoms with van der Waals surface area (Å²) in [6, 6.07) is 3.75. The lowest BCUT2D eigenvalue weighted by Gasteiger charge is -2.24. The fourth-order valence-electron chi connectivity index (χ4n) is 3.86. The second kappa shape index (κ2) is 7.80. The standard InChI is InChI=1S/C18H24FN3O3/c19-16-13-15(22(24)25)6-7-17(16)20-8-3-9-21(11-10-20)18(23)12-14-4-1-2-5-14/h6-7,13-14H,1-5,8-12H2. The molecule has 0 atom stereocenters. The molecule has 0 radical (unpaired) electrons. The zero-order valence-electron chi connectivity index (χ0n) is 14.3. The van der Waals surface area contributed by atoms with Crippen molar-refractivity contribution < 1.29 is 14.1 Å². The number of rotatable bonds is 4. The first-order chi connectivity index (χ1) is 12.0. The van der Waals surface area contributed by atoms with Crippen LogP contribution in [0.2, 0.25) is 0 Å². The molecule has 3 rings (SSSR count). The molecule has 0 unspecified atom stereocenters. The molecule has 1 heterocycles. The highest BCUT2D eigenvalue weighted by Gasteiger charge is 2.25. The monoisotopic (exact) mass is 349 g/mol. The van der Waals surface area contributed by atoms with Crippen LogP contribution in [0.1, 0.15) is 38.5 Å². The quantitative estimate of drug-likeness (QED) is 0.617. The van der Waals surface area contributed by atoms with Gasteiger partial charge < -0.3 is 9.80 Å². The lowest BCUT2D eigenvalue weighted by molar-refractivity contribution is -0.385. The van der Waals surface area contributed by atoms with Gasteiger partial charge in [-0.2, -0.15) is 0 Å². The molecule has 2 aliphatic rings. The Morgan fingerprint density at radius 1 is 1.16 bits per heavy atom. The van der Waals surface area contributed by atoms with Crippen LogP contribution in [0.4, 0.5) is 15.8 Å². The van der Waals surface area contributed by atoms with Crippen molar-refractivity contribution >= 4 is 17.3 Å². The number of amides is 1. The minimum atomic E-state index is -0.599. The number of nitrogens with zero attached hydrogens (tertiary/aromatic N) is 3. The Balaban J connectivity index is 1.61. The second-order valence-corrected chi connectivity index (χ2v) is 6.97. The Bertz CT molecular complexity index is 646. The van der Waals surface area contributed by atoms with E-state index in [0.29, 0.717) is 44.2 Å². The molecule has 0 aromatic heterocycles. The molecule has 7 heteroatoms. The minimum absolute atomic E-state index is 0.206. The normalized spacial score (nSPS) is 19.1. The minimum Gasteiger partial charge on any atom is -0.367 e. The second-order valence-electron chi connectivity index (χ2n) is 6.97. The molecule has 1 amide bonds. The first-order valence-electron chi connectivity index (χ1n) is 9.01. The molecular weight excluding hydrogens is 325 g/mol. The predicted molar refractivity (Wildman–Crippen MR) is 93.0 cm³/mol. The van der Waals surface area contributed by atoms with Crippen LogP contribution in [0.25, 0.3) is 0 Å². The number of nitro benzene ring substituents is 1. The van der Waals surface area contributed by atoms with Gasteiger partial charge in [-0.05, 0) is 31.2 Å². The van der Waals surface area contributed by atoms with E-state index in [1.54, 1.807) is 0 Å². The van der Waals surface area contributed by atoms with Crippen molar-refractivity contribution in [2.24, 2.45) is 5.92 Å². The van der Waals surface area contributed by atoms with E-state index in [9.17, 15) is 19.3 Å². The highest BCUT2D eigenvalue weighted by atomic mass is 19.1.